The zero-order valence-corrected chi connectivity index (χ0v) is 11.1. The molecule has 0 aliphatic heterocycles. The van der Waals surface area contributed by atoms with Crippen LogP contribution in [0.5, 0.6) is 0 Å². The molecule has 1 N–H and O–H groups in total. The third-order valence-corrected chi connectivity index (χ3v) is 3.00. The summed E-state index contributed by atoms with van der Waals surface area (Å²) >= 11 is 0. The number of halogens is 6. The molecule has 2 rings (SSSR count). The summed E-state index contributed by atoms with van der Waals surface area (Å²) in [5.74, 6) is 0. The number of alkyl halides is 6. The first-order chi connectivity index (χ1) is 10.2. The van der Waals surface area contributed by atoms with Crippen LogP contribution in [0.25, 0.3) is 0 Å². The van der Waals surface area contributed by atoms with E-state index in [1.54, 1.807) is 0 Å². The molecular weight excluding hydrogens is 308 g/mol. The molecule has 0 heterocycles. The molecule has 0 fully saturated rings. The molecule has 0 aromatic heterocycles. The van der Waals surface area contributed by atoms with E-state index in [4.69, 9.17) is 0 Å². The first kappa shape index (κ1) is 16.2. The van der Waals surface area contributed by atoms with Crippen LogP contribution in [0.15, 0.2) is 48.5 Å². The van der Waals surface area contributed by atoms with Gasteiger partial charge in [-0.05, 0) is 29.8 Å². The van der Waals surface area contributed by atoms with Crippen molar-refractivity contribution in [1.82, 2.24) is 0 Å². The molecule has 0 saturated carbocycles. The summed E-state index contributed by atoms with van der Waals surface area (Å²) in [4.78, 5) is 0. The van der Waals surface area contributed by atoms with Gasteiger partial charge in [-0.25, -0.2) is 0 Å². The molecule has 0 saturated heterocycles. The van der Waals surface area contributed by atoms with Crippen LogP contribution in [0.2, 0.25) is 0 Å². The Morgan fingerprint density at radius 2 is 1.32 bits per heavy atom. The zero-order chi connectivity index (χ0) is 16.4. The summed E-state index contributed by atoms with van der Waals surface area (Å²) in [5.41, 5.74) is -1.28. The Hall–Kier alpha value is -2.18. The molecule has 0 spiro atoms. The maximum absolute atomic E-state index is 12.8. The summed E-state index contributed by atoms with van der Waals surface area (Å²) < 4.78 is 75.6. The standard InChI is InChI=1S/C15H11F6N/c16-14(17,18)11-7-5-10(6-8-11)9-22-13-4-2-1-3-12(13)15(19,20)21/h1-8,22H,9H2. The van der Waals surface area contributed by atoms with Gasteiger partial charge in [0.25, 0.3) is 0 Å². The molecule has 0 radical (unpaired) electrons. The molecule has 0 amide bonds. The van der Waals surface area contributed by atoms with Gasteiger partial charge in [0.1, 0.15) is 0 Å². The Kier molecular flexibility index (Phi) is 4.35. The predicted octanol–water partition coefficient (Wildman–Crippen LogP) is 5.34. The summed E-state index contributed by atoms with van der Waals surface area (Å²) in [6, 6.07) is 9.18. The van der Waals surface area contributed by atoms with Gasteiger partial charge in [-0.15, -0.1) is 0 Å². The highest BCUT2D eigenvalue weighted by atomic mass is 19.4. The quantitative estimate of drug-likeness (QED) is 0.753. The van der Waals surface area contributed by atoms with E-state index in [9.17, 15) is 26.3 Å². The van der Waals surface area contributed by atoms with Crippen LogP contribution in [0, 0.1) is 0 Å². The SMILES string of the molecule is FC(F)(F)c1ccc(CNc2ccccc2C(F)(F)F)cc1. The van der Waals surface area contributed by atoms with Crippen molar-refractivity contribution >= 4 is 5.69 Å². The van der Waals surface area contributed by atoms with E-state index in [1.807, 2.05) is 0 Å². The van der Waals surface area contributed by atoms with Crippen molar-refractivity contribution in [2.45, 2.75) is 18.9 Å². The molecule has 118 valence electrons. The molecule has 2 aromatic rings. The smallest absolute Gasteiger partial charge is 0.380 e. The summed E-state index contributed by atoms with van der Waals surface area (Å²) in [6.07, 6.45) is -8.93. The second kappa shape index (κ2) is 5.90. The topological polar surface area (TPSA) is 12.0 Å². The molecule has 0 bridgehead atoms. The monoisotopic (exact) mass is 319 g/mol. The van der Waals surface area contributed by atoms with E-state index in [1.165, 1.54) is 30.3 Å². The van der Waals surface area contributed by atoms with Crippen molar-refractivity contribution in [3.05, 3.63) is 65.2 Å². The lowest BCUT2D eigenvalue weighted by Gasteiger charge is -2.14. The molecule has 0 unspecified atom stereocenters. The van der Waals surface area contributed by atoms with Crippen molar-refractivity contribution in [2.24, 2.45) is 0 Å². The lowest BCUT2D eigenvalue weighted by molar-refractivity contribution is -0.138. The van der Waals surface area contributed by atoms with E-state index >= 15 is 0 Å². The lowest BCUT2D eigenvalue weighted by atomic mass is 10.1. The third kappa shape index (κ3) is 3.93. The van der Waals surface area contributed by atoms with Crippen molar-refractivity contribution < 1.29 is 26.3 Å². The van der Waals surface area contributed by atoms with Crippen LogP contribution in [0.4, 0.5) is 32.0 Å². The number of hydrogen-bond acceptors (Lipinski definition) is 1. The normalized spacial score (nSPS) is 12.3. The van der Waals surface area contributed by atoms with Crippen LogP contribution < -0.4 is 5.32 Å². The predicted molar refractivity (Wildman–Crippen MR) is 70.2 cm³/mol. The van der Waals surface area contributed by atoms with E-state index in [0.717, 1.165) is 18.2 Å². The van der Waals surface area contributed by atoms with Crippen molar-refractivity contribution in [3.8, 4) is 0 Å². The maximum atomic E-state index is 12.8. The highest BCUT2D eigenvalue weighted by Crippen LogP contribution is 2.35. The van der Waals surface area contributed by atoms with E-state index in [-0.39, 0.29) is 12.2 Å². The Bertz CT molecular complexity index is 628. The molecule has 0 aliphatic carbocycles. The fourth-order valence-electron chi connectivity index (χ4n) is 1.89. The number of nitrogens with one attached hydrogen (secondary N) is 1. The first-order valence-electron chi connectivity index (χ1n) is 6.24. The van der Waals surface area contributed by atoms with Crippen LogP contribution in [-0.4, -0.2) is 0 Å². The molecule has 22 heavy (non-hydrogen) atoms. The van der Waals surface area contributed by atoms with Crippen LogP contribution in [0.1, 0.15) is 16.7 Å². The highest BCUT2D eigenvalue weighted by molar-refractivity contribution is 5.52. The number of hydrogen-bond donors (Lipinski definition) is 1. The van der Waals surface area contributed by atoms with Gasteiger partial charge in [-0.3, -0.25) is 0 Å². The van der Waals surface area contributed by atoms with Crippen molar-refractivity contribution in [2.75, 3.05) is 5.32 Å². The fraction of sp³-hybridized carbons (Fsp3) is 0.200. The maximum Gasteiger partial charge on any atom is 0.418 e. The fourth-order valence-corrected chi connectivity index (χ4v) is 1.89. The van der Waals surface area contributed by atoms with Gasteiger partial charge in [0.15, 0.2) is 0 Å². The molecule has 0 aliphatic rings. The molecule has 2 aromatic carbocycles. The van der Waals surface area contributed by atoms with Crippen molar-refractivity contribution in [1.29, 1.82) is 0 Å². The minimum atomic E-state index is -4.50. The Morgan fingerprint density at radius 3 is 1.86 bits per heavy atom. The zero-order valence-electron chi connectivity index (χ0n) is 11.1. The van der Waals surface area contributed by atoms with Gasteiger partial charge < -0.3 is 5.32 Å². The molecular formula is C15H11F6N. The second-order valence-electron chi connectivity index (χ2n) is 4.59. The van der Waals surface area contributed by atoms with Gasteiger partial charge >= 0.3 is 12.4 Å². The first-order valence-corrected chi connectivity index (χ1v) is 6.24. The largest absolute Gasteiger partial charge is 0.418 e. The molecule has 0 atom stereocenters. The number of rotatable bonds is 3. The molecule has 7 heteroatoms. The Labute approximate surface area is 122 Å². The van der Waals surface area contributed by atoms with Crippen LogP contribution in [-0.2, 0) is 18.9 Å². The Morgan fingerprint density at radius 1 is 0.727 bits per heavy atom. The average Bonchev–Trinajstić information content (AvgIpc) is 2.44. The average molecular weight is 319 g/mol. The number of para-hydroxylation sites is 1. The van der Waals surface area contributed by atoms with E-state index in [0.29, 0.717) is 5.56 Å². The lowest BCUT2D eigenvalue weighted by Crippen LogP contribution is -2.11. The minimum Gasteiger partial charge on any atom is -0.380 e. The van der Waals surface area contributed by atoms with Gasteiger partial charge in [-0.2, -0.15) is 26.3 Å². The number of anilines is 1. The van der Waals surface area contributed by atoms with E-state index in [2.05, 4.69) is 5.32 Å². The summed E-state index contributed by atoms with van der Waals surface area (Å²) in [5, 5.41) is 2.59. The molecule has 1 nitrogen and oxygen atoms in total. The van der Waals surface area contributed by atoms with Crippen LogP contribution >= 0.6 is 0 Å². The van der Waals surface area contributed by atoms with Gasteiger partial charge in [0, 0.05) is 12.2 Å². The third-order valence-electron chi connectivity index (χ3n) is 3.00. The van der Waals surface area contributed by atoms with Gasteiger partial charge in [-0.1, -0.05) is 24.3 Å². The summed E-state index contributed by atoms with van der Waals surface area (Å²) in [6.45, 7) is -0.00870. The highest BCUT2D eigenvalue weighted by Gasteiger charge is 2.33. The van der Waals surface area contributed by atoms with Gasteiger partial charge in [0.05, 0.1) is 11.1 Å². The minimum absolute atomic E-state index is 0.00870. The second-order valence-corrected chi connectivity index (χ2v) is 4.59. The van der Waals surface area contributed by atoms with Gasteiger partial charge in [0.2, 0.25) is 0 Å². The van der Waals surface area contributed by atoms with Crippen molar-refractivity contribution in [3.63, 3.8) is 0 Å². The summed E-state index contributed by atoms with van der Waals surface area (Å²) in [7, 11) is 0. The Balaban J connectivity index is 2.11. The number of benzene rings is 2. The van der Waals surface area contributed by atoms with E-state index < -0.39 is 23.5 Å². The van der Waals surface area contributed by atoms with Crippen LogP contribution in [0.3, 0.4) is 0 Å².